The van der Waals surface area contributed by atoms with Crippen molar-refractivity contribution < 1.29 is 36.3 Å². The molecule has 1 N–H and O–H groups in total. The van der Waals surface area contributed by atoms with Crippen molar-refractivity contribution in [2.75, 3.05) is 25.1 Å². The van der Waals surface area contributed by atoms with Gasteiger partial charge in [0.1, 0.15) is 24.2 Å². The topological polar surface area (TPSA) is 105 Å². The summed E-state index contributed by atoms with van der Waals surface area (Å²) < 4.78 is 67.7. The lowest BCUT2D eigenvalue weighted by atomic mass is 10.0. The lowest BCUT2D eigenvalue weighted by molar-refractivity contribution is -0.140. The van der Waals surface area contributed by atoms with Gasteiger partial charge in [0.05, 0.1) is 24.8 Å². The molecular formula is C35H37F2N3O6S. The Balaban J connectivity index is 1.82. The number of amides is 2. The first kappa shape index (κ1) is 34.9. The van der Waals surface area contributed by atoms with E-state index in [9.17, 15) is 26.8 Å². The number of sulfonamides is 1. The Kier molecular flexibility index (Phi) is 11.5. The molecule has 12 heteroatoms. The number of halogens is 2. The summed E-state index contributed by atoms with van der Waals surface area (Å²) in [6, 6.07) is 21.9. The van der Waals surface area contributed by atoms with Gasteiger partial charge < -0.3 is 19.7 Å². The van der Waals surface area contributed by atoms with Gasteiger partial charge in [-0.25, -0.2) is 17.2 Å². The van der Waals surface area contributed by atoms with Gasteiger partial charge in [-0.2, -0.15) is 0 Å². The SMILES string of the molecule is COc1ccc(S(=O)(=O)N(CC(=O)N(Cc2ccc(F)cc2)[C@@H](Cc2ccccc2)C(=O)NC(C)C)c2ccc(F)cc2)cc1OC. The van der Waals surface area contributed by atoms with Crippen molar-refractivity contribution in [2.24, 2.45) is 0 Å². The fourth-order valence-electron chi connectivity index (χ4n) is 4.96. The standard InChI is InChI=1S/C35H37F2N3O6S/c1-24(2)38-35(42)31(20-25-8-6-5-7-9-25)39(22-26-10-12-27(36)13-11-26)34(41)23-40(29-16-14-28(37)15-17-29)47(43,44)30-18-19-32(45-3)33(21-30)46-4/h5-19,21,24,31H,20,22-23H2,1-4H3,(H,38,42)/t31-/m0/s1. The Hall–Kier alpha value is -4.97. The van der Waals surface area contributed by atoms with E-state index in [4.69, 9.17) is 9.47 Å². The number of hydrogen-bond acceptors (Lipinski definition) is 6. The molecule has 248 valence electrons. The van der Waals surface area contributed by atoms with E-state index in [-0.39, 0.29) is 35.3 Å². The van der Waals surface area contributed by atoms with Crippen LogP contribution >= 0.6 is 0 Å². The molecule has 0 saturated heterocycles. The van der Waals surface area contributed by atoms with Crippen molar-refractivity contribution >= 4 is 27.5 Å². The average molecular weight is 666 g/mol. The van der Waals surface area contributed by atoms with Crippen LogP contribution in [0.4, 0.5) is 14.5 Å². The van der Waals surface area contributed by atoms with Crippen molar-refractivity contribution in [2.45, 2.75) is 43.8 Å². The van der Waals surface area contributed by atoms with Gasteiger partial charge in [0, 0.05) is 25.1 Å². The van der Waals surface area contributed by atoms with E-state index >= 15 is 0 Å². The molecule has 0 spiro atoms. The molecule has 9 nitrogen and oxygen atoms in total. The second-order valence-electron chi connectivity index (χ2n) is 11.0. The van der Waals surface area contributed by atoms with Gasteiger partial charge in [-0.05, 0) is 73.5 Å². The smallest absolute Gasteiger partial charge is 0.264 e. The highest BCUT2D eigenvalue weighted by Crippen LogP contribution is 2.32. The summed E-state index contributed by atoms with van der Waals surface area (Å²) in [5.41, 5.74) is 1.30. The third-order valence-corrected chi connectivity index (χ3v) is 9.07. The maximum absolute atomic E-state index is 14.4. The molecular weight excluding hydrogens is 628 g/mol. The van der Waals surface area contributed by atoms with Crippen molar-refractivity contribution in [3.05, 3.63) is 120 Å². The van der Waals surface area contributed by atoms with Crippen LogP contribution in [-0.2, 0) is 32.6 Å². The Morgan fingerprint density at radius 1 is 0.787 bits per heavy atom. The summed E-state index contributed by atoms with van der Waals surface area (Å²) in [5.74, 6) is -1.81. The van der Waals surface area contributed by atoms with Crippen LogP contribution in [0.15, 0.2) is 102 Å². The number of ether oxygens (including phenoxy) is 2. The Bertz CT molecular complexity index is 1770. The number of carbonyl (C=O) groups is 2. The van der Waals surface area contributed by atoms with Gasteiger partial charge in [-0.3, -0.25) is 13.9 Å². The molecule has 0 saturated carbocycles. The zero-order valence-corrected chi connectivity index (χ0v) is 27.3. The van der Waals surface area contributed by atoms with Gasteiger partial charge in [-0.1, -0.05) is 42.5 Å². The minimum Gasteiger partial charge on any atom is -0.493 e. The quantitative estimate of drug-likeness (QED) is 0.195. The molecule has 47 heavy (non-hydrogen) atoms. The van der Waals surface area contributed by atoms with Crippen LogP contribution in [0.25, 0.3) is 0 Å². The van der Waals surface area contributed by atoms with Crippen LogP contribution in [0.1, 0.15) is 25.0 Å². The zero-order valence-electron chi connectivity index (χ0n) is 26.5. The minimum absolute atomic E-state index is 0.0162. The molecule has 0 radical (unpaired) electrons. The molecule has 0 aliphatic carbocycles. The van der Waals surface area contributed by atoms with Gasteiger partial charge in [0.15, 0.2) is 11.5 Å². The number of nitrogens with zero attached hydrogens (tertiary/aromatic N) is 2. The first-order valence-corrected chi connectivity index (χ1v) is 16.3. The molecule has 0 aliphatic heterocycles. The normalized spacial score (nSPS) is 11.9. The highest BCUT2D eigenvalue weighted by atomic mass is 32.2. The zero-order chi connectivity index (χ0) is 34.1. The molecule has 0 aliphatic rings. The third kappa shape index (κ3) is 8.85. The summed E-state index contributed by atoms with van der Waals surface area (Å²) in [5, 5.41) is 2.87. The Labute approximate surface area is 273 Å². The monoisotopic (exact) mass is 665 g/mol. The second-order valence-corrected chi connectivity index (χ2v) is 12.9. The summed E-state index contributed by atoms with van der Waals surface area (Å²) in [7, 11) is -1.71. The average Bonchev–Trinajstić information content (AvgIpc) is 3.06. The molecule has 2 amide bonds. The highest BCUT2D eigenvalue weighted by molar-refractivity contribution is 7.92. The summed E-state index contributed by atoms with van der Waals surface area (Å²) in [4.78, 5) is 29.2. The van der Waals surface area contributed by atoms with Crippen molar-refractivity contribution in [1.82, 2.24) is 10.2 Å². The van der Waals surface area contributed by atoms with Crippen molar-refractivity contribution in [3.63, 3.8) is 0 Å². The van der Waals surface area contributed by atoms with E-state index < -0.39 is 46.1 Å². The molecule has 4 aromatic rings. The number of anilines is 1. The third-order valence-electron chi connectivity index (χ3n) is 7.30. The Morgan fingerprint density at radius 3 is 1.96 bits per heavy atom. The van der Waals surface area contributed by atoms with E-state index in [1.54, 1.807) is 13.8 Å². The van der Waals surface area contributed by atoms with Gasteiger partial charge in [-0.15, -0.1) is 0 Å². The van der Waals surface area contributed by atoms with Crippen LogP contribution in [0.3, 0.4) is 0 Å². The van der Waals surface area contributed by atoms with Gasteiger partial charge in [0.25, 0.3) is 10.0 Å². The van der Waals surface area contributed by atoms with E-state index in [2.05, 4.69) is 5.32 Å². The van der Waals surface area contributed by atoms with Crippen molar-refractivity contribution in [1.29, 1.82) is 0 Å². The highest BCUT2D eigenvalue weighted by Gasteiger charge is 2.35. The van der Waals surface area contributed by atoms with Gasteiger partial charge in [0.2, 0.25) is 11.8 Å². The predicted octanol–water partition coefficient (Wildman–Crippen LogP) is 5.34. The molecule has 0 bridgehead atoms. The predicted molar refractivity (Wildman–Crippen MR) is 175 cm³/mol. The molecule has 0 heterocycles. The maximum Gasteiger partial charge on any atom is 0.264 e. The minimum atomic E-state index is -4.48. The van der Waals surface area contributed by atoms with Crippen LogP contribution in [0.2, 0.25) is 0 Å². The largest absolute Gasteiger partial charge is 0.493 e. The summed E-state index contributed by atoms with van der Waals surface area (Å²) in [6.07, 6.45) is 0.116. The molecule has 4 rings (SSSR count). The van der Waals surface area contributed by atoms with Crippen LogP contribution in [-0.4, -0.2) is 58.0 Å². The maximum atomic E-state index is 14.4. The van der Waals surface area contributed by atoms with E-state index in [1.165, 1.54) is 73.7 Å². The van der Waals surface area contributed by atoms with Gasteiger partial charge >= 0.3 is 0 Å². The van der Waals surface area contributed by atoms with Crippen LogP contribution < -0.4 is 19.1 Å². The number of nitrogens with one attached hydrogen (secondary N) is 1. The summed E-state index contributed by atoms with van der Waals surface area (Å²) in [6.45, 7) is 2.70. The first-order valence-electron chi connectivity index (χ1n) is 14.8. The van der Waals surface area contributed by atoms with E-state index in [1.807, 2.05) is 30.3 Å². The molecule has 1 atom stereocenters. The second kappa shape index (κ2) is 15.5. The number of benzene rings is 4. The number of carbonyl (C=O) groups excluding carboxylic acids is 2. The summed E-state index contributed by atoms with van der Waals surface area (Å²) >= 11 is 0. The molecule has 0 fully saturated rings. The lowest BCUT2D eigenvalue weighted by Crippen LogP contribution is -2.54. The number of methoxy groups -OCH3 is 2. The first-order chi connectivity index (χ1) is 22.4. The lowest BCUT2D eigenvalue weighted by Gasteiger charge is -2.34. The van der Waals surface area contributed by atoms with Crippen LogP contribution in [0.5, 0.6) is 11.5 Å². The number of rotatable bonds is 14. The molecule has 4 aromatic carbocycles. The Morgan fingerprint density at radius 2 is 1.38 bits per heavy atom. The molecule has 0 unspecified atom stereocenters. The van der Waals surface area contributed by atoms with E-state index in [0.29, 0.717) is 11.3 Å². The van der Waals surface area contributed by atoms with Crippen LogP contribution in [0, 0.1) is 11.6 Å². The number of hydrogen-bond donors (Lipinski definition) is 1. The fourth-order valence-corrected chi connectivity index (χ4v) is 6.39. The molecule has 0 aromatic heterocycles. The van der Waals surface area contributed by atoms with E-state index in [0.717, 1.165) is 22.0 Å². The van der Waals surface area contributed by atoms with Crippen molar-refractivity contribution in [3.8, 4) is 11.5 Å². The fraction of sp³-hybridized carbons (Fsp3) is 0.257.